The Hall–Kier alpha value is -6.00. The van der Waals surface area contributed by atoms with Gasteiger partial charge in [0, 0.05) is 16.3 Å². The second-order valence-corrected chi connectivity index (χ2v) is 11.1. The van der Waals surface area contributed by atoms with Crippen molar-refractivity contribution in [2.45, 2.75) is 0 Å². The molecule has 0 spiro atoms. The van der Waals surface area contributed by atoms with Crippen LogP contribution in [0.5, 0.6) is 0 Å². The molecule has 4 nitrogen and oxygen atoms in total. The molecule has 3 aromatic heterocycles. The molecule has 0 N–H and O–H groups in total. The smallest absolute Gasteiger partial charge is 0.238 e. The van der Waals surface area contributed by atoms with E-state index in [9.17, 15) is 0 Å². The van der Waals surface area contributed by atoms with Gasteiger partial charge in [0.1, 0.15) is 0 Å². The first-order valence-corrected chi connectivity index (χ1v) is 14.7. The van der Waals surface area contributed by atoms with E-state index in [2.05, 4.69) is 132 Å². The molecule has 0 bridgehead atoms. The fourth-order valence-corrected chi connectivity index (χ4v) is 6.48. The van der Waals surface area contributed by atoms with Gasteiger partial charge in [0.05, 0.1) is 28.4 Å². The summed E-state index contributed by atoms with van der Waals surface area (Å²) in [6.45, 7) is 0. The summed E-state index contributed by atoms with van der Waals surface area (Å²) in [5.74, 6) is 0.579. The summed E-state index contributed by atoms with van der Waals surface area (Å²) in [7, 11) is 0. The summed E-state index contributed by atoms with van der Waals surface area (Å²) in [6.07, 6.45) is 1.70. The van der Waals surface area contributed by atoms with E-state index in [4.69, 9.17) is 14.4 Å². The Bertz CT molecular complexity index is 2430. The number of fused-ring (bicyclic) bond motifs is 6. The Morgan fingerprint density at radius 1 is 0.455 bits per heavy atom. The molecule has 0 aliphatic rings. The molecule has 3 heterocycles. The molecule has 0 fully saturated rings. The maximum atomic E-state index is 5.98. The molecular weight excluding hydrogens is 538 g/mol. The van der Waals surface area contributed by atoms with Gasteiger partial charge in [-0.2, -0.15) is 4.98 Å². The predicted molar refractivity (Wildman–Crippen MR) is 180 cm³/mol. The highest BCUT2D eigenvalue weighted by Crippen LogP contribution is 2.39. The van der Waals surface area contributed by atoms with Crippen molar-refractivity contribution in [2.75, 3.05) is 0 Å². The monoisotopic (exact) mass is 563 g/mol. The maximum Gasteiger partial charge on any atom is 0.238 e. The number of para-hydroxylation sites is 1. The number of rotatable bonds is 4. The molecule has 0 aliphatic carbocycles. The Kier molecular flexibility index (Phi) is 5.47. The van der Waals surface area contributed by atoms with Gasteiger partial charge in [-0.25, -0.2) is 4.98 Å². The molecule has 0 amide bonds. The zero-order valence-electron chi connectivity index (χ0n) is 23.7. The number of hydrogen-bond donors (Lipinski definition) is 0. The van der Waals surface area contributed by atoms with Crippen molar-refractivity contribution in [3.63, 3.8) is 0 Å². The van der Waals surface area contributed by atoms with Gasteiger partial charge in [0.15, 0.2) is 0 Å². The van der Waals surface area contributed by atoms with Crippen LogP contribution in [-0.4, -0.2) is 14.5 Å². The second-order valence-electron chi connectivity index (χ2n) is 11.1. The normalized spacial score (nSPS) is 11.6. The third-order valence-corrected chi connectivity index (χ3v) is 8.50. The average molecular weight is 564 g/mol. The summed E-state index contributed by atoms with van der Waals surface area (Å²) in [5, 5.41) is 5.66. The van der Waals surface area contributed by atoms with Crippen LogP contribution in [0.15, 0.2) is 156 Å². The first-order chi connectivity index (χ1) is 21.8. The van der Waals surface area contributed by atoms with Crippen LogP contribution in [0.2, 0.25) is 0 Å². The number of hydrogen-bond acceptors (Lipinski definition) is 3. The van der Waals surface area contributed by atoms with Crippen molar-refractivity contribution in [1.82, 2.24) is 14.5 Å². The molecule has 0 saturated carbocycles. The molecule has 0 unspecified atom stereocenters. The lowest BCUT2D eigenvalue weighted by Gasteiger charge is -2.13. The highest BCUT2D eigenvalue weighted by Gasteiger charge is 2.20. The zero-order chi connectivity index (χ0) is 29.0. The van der Waals surface area contributed by atoms with Gasteiger partial charge in [-0.05, 0) is 69.4 Å². The number of nitrogens with zero attached hydrogens (tertiary/aromatic N) is 3. The highest BCUT2D eigenvalue weighted by molar-refractivity contribution is 6.21. The van der Waals surface area contributed by atoms with Crippen molar-refractivity contribution in [2.24, 2.45) is 0 Å². The summed E-state index contributed by atoms with van der Waals surface area (Å²) in [5.41, 5.74) is 9.07. The van der Waals surface area contributed by atoms with E-state index in [1.54, 1.807) is 6.26 Å². The number of benzene rings is 6. The summed E-state index contributed by atoms with van der Waals surface area (Å²) in [4.78, 5) is 10.3. The second kappa shape index (κ2) is 9.79. The molecule has 0 atom stereocenters. The molecular formula is C40H25N3O. The Morgan fingerprint density at radius 2 is 1.09 bits per heavy atom. The van der Waals surface area contributed by atoms with E-state index in [-0.39, 0.29) is 0 Å². The largest absolute Gasteiger partial charge is 0.446 e. The van der Waals surface area contributed by atoms with E-state index in [0.29, 0.717) is 11.7 Å². The molecule has 4 heteroatoms. The van der Waals surface area contributed by atoms with E-state index in [0.717, 1.165) is 49.9 Å². The lowest BCUT2D eigenvalue weighted by molar-refractivity contribution is 0.601. The SMILES string of the molecule is c1ccc(-c2cc(-c3ccccc3)cc(-c3nc(-n4c5ccccc5c5c6ccccc6ccc54)nc4occc34)c2)cc1. The van der Waals surface area contributed by atoms with Crippen LogP contribution >= 0.6 is 0 Å². The van der Waals surface area contributed by atoms with Crippen LogP contribution in [0.3, 0.4) is 0 Å². The van der Waals surface area contributed by atoms with E-state index < -0.39 is 0 Å². The van der Waals surface area contributed by atoms with Crippen molar-refractivity contribution in [3.05, 3.63) is 152 Å². The van der Waals surface area contributed by atoms with Gasteiger partial charge in [0.25, 0.3) is 0 Å². The Labute approximate surface area is 253 Å². The third-order valence-electron chi connectivity index (χ3n) is 8.50. The molecule has 9 rings (SSSR count). The number of aromatic nitrogens is 3. The minimum absolute atomic E-state index is 0.558. The Balaban J connectivity index is 1.34. The topological polar surface area (TPSA) is 43.9 Å². The first kappa shape index (κ1) is 24.6. The lowest BCUT2D eigenvalue weighted by atomic mass is 9.94. The maximum absolute atomic E-state index is 5.98. The van der Waals surface area contributed by atoms with Gasteiger partial charge in [-0.3, -0.25) is 4.57 Å². The molecule has 0 aliphatic heterocycles. The van der Waals surface area contributed by atoms with Gasteiger partial charge in [-0.15, -0.1) is 0 Å². The van der Waals surface area contributed by atoms with Crippen LogP contribution < -0.4 is 0 Å². The summed E-state index contributed by atoms with van der Waals surface area (Å²) < 4.78 is 8.15. The molecule has 6 aromatic carbocycles. The summed E-state index contributed by atoms with van der Waals surface area (Å²) >= 11 is 0. The van der Waals surface area contributed by atoms with Crippen molar-refractivity contribution < 1.29 is 4.42 Å². The first-order valence-electron chi connectivity index (χ1n) is 14.7. The fraction of sp³-hybridized carbons (Fsp3) is 0. The highest BCUT2D eigenvalue weighted by atomic mass is 16.3. The lowest BCUT2D eigenvalue weighted by Crippen LogP contribution is -2.03. The molecule has 9 aromatic rings. The minimum atomic E-state index is 0.558. The average Bonchev–Trinajstić information content (AvgIpc) is 3.71. The van der Waals surface area contributed by atoms with Crippen molar-refractivity contribution >= 4 is 43.7 Å². The van der Waals surface area contributed by atoms with Crippen LogP contribution in [0.1, 0.15) is 0 Å². The van der Waals surface area contributed by atoms with Gasteiger partial charge < -0.3 is 4.42 Å². The quantitative estimate of drug-likeness (QED) is 0.214. The number of furan rings is 1. The van der Waals surface area contributed by atoms with E-state index >= 15 is 0 Å². The molecule has 0 saturated heterocycles. The van der Waals surface area contributed by atoms with Gasteiger partial charge in [-0.1, -0.05) is 109 Å². The Morgan fingerprint density at radius 3 is 1.84 bits per heavy atom. The minimum Gasteiger partial charge on any atom is -0.446 e. The third kappa shape index (κ3) is 3.85. The van der Waals surface area contributed by atoms with E-state index in [1.807, 2.05) is 18.2 Å². The van der Waals surface area contributed by atoms with Crippen molar-refractivity contribution in [1.29, 1.82) is 0 Å². The predicted octanol–water partition coefficient (Wildman–Crippen LogP) is 10.5. The van der Waals surface area contributed by atoms with Crippen molar-refractivity contribution in [3.8, 4) is 39.5 Å². The van der Waals surface area contributed by atoms with Gasteiger partial charge in [0.2, 0.25) is 11.7 Å². The zero-order valence-corrected chi connectivity index (χ0v) is 23.7. The van der Waals surface area contributed by atoms with Crippen LogP contribution in [-0.2, 0) is 0 Å². The summed E-state index contributed by atoms with van der Waals surface area (Å²) in [6, 6.07) is 51.0. The van der Waals surface area contributed by atoms with Gasteiger partial charge >= 0.3 is 0 Å². The van der Waals surface area contributed by atoms with Crippen LogP contribution in [0, 0.1) is 0 Å². The van der Waals surface area contributed by atoms with Crippen LogP contribution in [0.25, 0.3) is 83.1 Å². The van der Waals surface area contributed by atoms with E-state index in [1.165, 1.54) is 21.5 Å². The molecule has 206 valence electrons. The fourth-order valence-electron chi connectivity index (χ4n) is 6.48. The standard InChI is InChI=1S/C40H25N3O/c1-3-11-26(12-4-1)29-23-30(27-13-5-2-6-14-27)25-31(24-29)38-34-21-22-44-39(34)42-40(41-38)43-35-18-10-9-17-33(35)37-32-16-8-7-15-28(32)19-20-36(37)43/h1-25H. The molecule has 0 radical (unpaired) electrons. The van der Waals surface area contributed by atoms with Crippen LogP contribution in [0.4, 0.5) is 0 Å². The molecule has 44 heavy (non-hydrogen) atoms.